The number of likely N-dealkylation sites (tertiary alicyclic amines) is 1. The van der Waals surface area contributed by atoms with E-state index in [0.29, 0.717) is 18.9 Å². The van der Waals surface area contributed by atoms with Crippen LogP contribution in [-0.4, -0.2) is 34.0 Å². The van der Waals surface area contributed by atoms with E-state index < -0.39 is 11.5 Å². The Morgan fingerprint density at radius 3 is 2.50 bits per heavy atom. The topological polar surface area (TPSA) is 57.6 Å². The summed E-state index contributed by atoms with van der Waals surface area (Å²) in [6, 6.07) is 0. The van der Waals surface area contributed by atoms with Crippen molar-refractivity contribution < 1.29 is 14.7 Å². The Kier molecular flexibility index (Phi) is 4.71. The first kappa shape index (κ1) is 15.3. The average molecular weight is 281 g/mol. The summed E-state index contributed by atoms with van der Waals surface area (Å²) in [4.78, 5) is 25.7. The van der Waals surface area contributed by atoms with Gasteiger partial charge in [-0.25, -0.2) is 4.79 Å². The summed E-state index contributed by atoms with van der Waals surface area (Å²) in [5, 5.41) is 9.40. The van der Waals surface area contributed by atoms with Crippen LogP contribution in [0.2, 0.25) is 0 Å². The molecule has 4 nitrogen and oxygen atoms in total. The van der Waals surface area contributed by atoms with E-state index in [1.165, 1.54) is 32.1 Å². The van der Waals surface area contributed by atoms with Gasteiger partial charge >= 0.3 is 5.97 Å². The summed E-state index contributed by atoms with van der Waals surface area (Å²) in [6.07, 6.45) is 8.63. The quantitative estimate of drug-likeness (QED) is 0.861. The second-order valence-corrected chi connectivity index (χ2v) is 6.81. The van der Waals surface area contributed by atoms with E-state index in [9.17, 15) is 14.7 Å². The highest BCUT2D eigenvalue weighted by atomic mass is 16.4. The first-order chi connectivity index (χ1) is 9.45. The lowest BCUT2D eigenvalue weighted by atomic mass is 9.82. The number of carboxylic acids is 1. The van der Waals surface area contributed by atoms with Crippen LogP contribution in [0, 0.1) is 11.8 Å². The molecule has 114 valence electrons. The van der Waals surface area contributed by atoms with E-state index in [2.05, 4.69) is 0 Å². The van der Waals surface area contributed by atoms with Crippen molar-refractivity contribution in [1.82, 2.24) is 4.90 Å². The fourth-order valence-electron chi connectivity index (χ4n) is 3.83. The number of nitrogens with zero attached hydrogens (tertiary/aromatic N) is 1. The molecule has 0 aromatic heterocycles. The number of carbonyl (C=O) groups is 2. The van der Waals surface area contributed by atoms with Crippen molar-refractivity contribution in [3.63, 3.8) is 0 Å². The fourth-order valence-corrected chi connectivity index (χ4v) is 3.83. The van der Waals surface area contributed by atoms with Crippen LogP contribution in [-0.2, 0) is 9.59 Å². The molecule has 2 aliphatic rings. The Bertz CT molecular complexity index is 376. The predicted octanol–water partition coefficient (Wildman–Crippen LogP) is 3.06. The van der Waals surface area contributed by atoms with Crippen molar-refractivity contribution in [3.8, 4) is 0 Å². The zero-order valence-corrected chi connectivity index (χ0v) is 12.7. The Labute approximate surface area is 121 Å². The maximum atomic E-state index is 12.6. The highest BCUT2D eigenvalue weighted by molar-refractivity contribution is 5.88. The van der Waals surface area contributed by atoms with Gasteiger partial charge in [0.2, 0.25) is 5.91 Å². The molecule has 2 rings (SSSR count). The number of carbonyl (C=O) groups excluding carboxylic acids is 1. The standard InChI is InChI=1S/C16H27NO3/c1-12(11-13-7-4-3-5-8-13)14(18)17-10-6-9-16(17,2)15(19)20/h12-13H,3-11H2,1-2H3,(H,19,20). The molecule has 1 aliphatic heterocycles. The second kappa shape index (κ2) is 6.15. The Balaban J connectivity index is 1.97. The zero-order chi connectivity index (χ0) is 14.8. The summed E-state index contributed by atoms with van der Waals surface area (Å²) < 4.78 is 0. The number of carboxylic acid groups (broad SMARTS) is 1. The zero-order valence-electron chi connectivity index (χ0n) is 12.7. The van der Waals surface area contributed by atoms with E-state index >= 15 is 0 Å². The van der Waals surface area contributed by atoms with Crippen LogP contribution in [0.15, 0.2) is 0 Å². The summed E-state index contributed by atoms with van der Waals surface area (Å²) >= 11 is 0. The molecule has 1 aliphatic carbocycles. The van der Waals surface area contributed by atoms with Crippen LogP contribution in [0.5, 0.6) is 0 Å². The molecule has 2 unspecified atom stereocenters. The van der Waals surface area contributed by atoms with Gasteiger partial charge < -0.3 is 10.0 Å². The number of amides is 1. The largest absolute Gasteiger partial charge is 0.480 e. The molecule has 2 fully saturated rings. The predicted molar refractivity (Wildman–Crippen MR) is 77.3 cm³/mol. The minimum Gasteiger partial charge on any atom is -0.480 e. The van der Waals surface area contributed by atoms with Crippen molar-refractivity contribution >= 4 is 11.9 Å². The summed E-state index contributed by atoms with van der Waals surface area (Å²) in [5.74, 6) is -0.220. The van der Waals surface area contributed by atoms with Crippen LogP contribution in [0.4, 0.5) is 0 Å². The highest BCUT2D eigenvalue weighted by Gasteiger charge is 2.46. The third-order valence-corrected chi connectivity index (χ3v) is 5.20. The molecule has 1 heterocycles. The van der Waals surface area contributed by atoms with Gasteiger partial charge in [-0.1, -0.05) is 39.0 Å². The van der Waals surface area contributed by atoms with Crippen molar-refractivity contribution in [1.29, 1.82) is 0 Å². The molecule has 1 saturated carbocycles. The molecule has 0 bridgehead atoms. The minimum atomic E-state index is -0.988. The molecule has 0 aromatic rings. The van der Waals surface area contributed by atoms with Gasteiger partial charge in [-0.15, -0.1) is 0 Å². The van der Waals surface area contributed by atoms with E-state index in [4.69, 9.17) is 0 Å². The molecule has 2 atom stereocenters. The Morgan fingerprint density at radius 2 is 1.90 bits per heavy atom. The Morgan fingerprint density at radius 1 is 1.25 bits per heavy atom. The van der Waals surface area contributed by atoms with Crippen molar-refractivity contribution in [3.05, 3.63) is 0 Å². The first-order valence-electron chi connectivity index (χ1n) is 8.00. The third-order valence-electron chi connectivity index (χ3n) is 5.20. The maximum Gasteiger partial charge on any atom is 0.329 e. The number of hydrogen-bond donors (Lipinski definition) is 1. The molecular weight excluding hydrogens is 254 g/mol. The van der Waals surface area contributed by atoms with Gasteiger partial charge in [-0.2, -0.15) is 0 Å². The number of hydrogen-bond acceptors (Lipinski definition) is 2. The molecule has 1 saturated heterocycles. The van der Waals surface area contributed by atoms with Crippen LogP contribution < -0.4 is 0 Å². The lowest BCUT2D eigenvalue weighted by molar-refractivity contribution is -0.157. The van der Waals surface area contributed by atoms with Crippen LogP contribution in [0.3, 0.4) is 0 Å². The van der Waals surface area contributed by atoms with E-state index in [1.54, 1.807) is 11.8 Å². The van der Waals surface area contributed by atoms with Crippen molar-refractivity contribution in [2.45, 2.75) is 70.8 Å². The van der Waals surface area contributed by atoms with Gasteiger partial charge in [0.1, 0.15) is 5.54 Å². The van der Waals surface area contributed by atoms with Gasteiger partial charge in [0, 0.05) is 12.5 Å². The first-order valence-corrected chi connectivity index (χ1v) is 8.00. The van der Waals surface area contributed by atoms with E-state index in [1.807, 2.05) is 6.92 Å². The SMILES string of the molecule is CC(CC1CCCCC1)C(=O)N1CCCC1(C)C(=O)O. The number of rotatable bonds is 4. The summed E-state index contributed by atoms with van der Waals surface area (Å²) in [5.41, 5.74) is -0.988. The third kappa shape index (κ3) is 2.99. The van der Waals surface area contributed by atoms with E-state index in [0.717, 1.165) is 12.8 Å². The fraction of sp³-hybridized carbons (Fsp3) is 0.875. The normalized spacial score (nSPS) is 29.4. The maximum absolute atomic E-state index is 12.6. The molecular formula is C16H27NO3. The molecule has 1 amide bonds. The van der Waals surface area contributed by atoms with Gasteiger partial charge in [0.25, 0.3) is 0 Å². The van der Waals surface area contributed by atoms with Crippen molar-refractivity contribution in [2.75, 3.05) is 6.54 Å². The highest BCUT2D eigenvalue weighted by Crippen LogP contribution is 2.34. The lowest BCUT2D eigenvalue weighted by Crippen LogP contribution is -2.52. The van der Waals surface area contributed by atoms with Crippen LogP contribution in [0.25, 0.3) is 0 Å². The molecule has 0 aromatic carbocycles. The average Bonchev–Trinajstić information content (AvgIpc) is 2.82. The molecule has 0 spiro atoms. The number of aliphatic carboxylic acids is 1. The molecule has 0 radical (unpaired) electrons. The summed E-state index contributed by atoms with van der Waals surface area (Å²) in [7, 11) is 0. The van der Waals surface area contributed by atoms with Gasteiger partial charge in [-0.3, -0.25) is 4.79 Å². The van der Waals surface area contributed by atoms with E-state index in [-0.39, 0.29) is 11.8 Å². The molecule has 4 heteroatoms. The van der Waals surface area contributed by atoms with Crippen molar-refractivity contribution in [2.24, 2.45) is 11.8 Å². The summed E-state index contributed by atoms with van der Waals surface area (Å²) in [6.45, 7) is 4.25. The smallest absolute Gasteiger partial charge is 0.329 e. The molecule has 20 heavy (non-hydrogen) atoms. The Hall–Kier alpha value is -1.06. The van der Waals surface area contributed by atoms with Gasteiger partial charge in [0.05, 0.1) is 0 Å². The van der Waals surface area contributed by atoms with Gasteiger partial charge in [-0.05, 0) is 32.1 Å². The monoisotopic (exact) mass is 281 g/mol. The van der Waals surface area contributed by atoms with Gasteiger partial charge in [0.15, 0.2) is 0 Å². The molecule has 1 N–H and O–H groups in total. The van der Waals surface area contributed by atoms with Crippen LogP contribution in [0.1, 0.15) is 65.2 Å². The second-order valence-electron chi connectivity index (χ2n) is 6.81. The lowest BCUT2D eigenvalue weighted by Gasteiger charge is -2.34. The minimum absolute atomic E-state index is 0.0398. The van der Waals surface area contributed by atoms with Crippen LogP contribution >= 0.6 is 0 Å².